The highest BCUT2D eigenvalue weighted by Crippen LogP contribution is 2.21. The first kappa shape index (κ1) is 18.4. The molecule has 0 aliphatic carbocycles. The third-order valence-corrected chi connectivity index (χ3v) is 5.43. The zero-order chi connectivity index (χ0) is 19.5. The largest absolute Gasteiger partial charge is 0.339 e. The molecule has 0 radical (unpaired) electrons. The SMILES string of the molecule is CNCC1CCN(C(=O)c2ccc(-c3cc4ccccc4[nH]c3=O)nc2)CC1. The molecule has 0 unspecified atom stereocenters. The zero-order valence-electron chi connectivity index (χ0n) is 15.9. The molecule has 1 fully saturated rings. The average molecular weight is 376 g/mol. The maximum Gasteiger partial charge on any atom is 0.257 e. The maximum absolute atomic E-state index is 12.8. The van der Waals surface area contributed by atoms with Gasteiger partial charge in [-0.2, -0.15) is 0 Å². The van der Waals surface area contributed by atoms with Crippen molar-refractivity contribution in [2.24, 2.45) is 5.92 Å². The van der Waals surface area contributed by atoms with E-state index in [-0.39, 0.29) is 11.5 Å². The molecular weight excluding hydrogens is 352 g/mol. The molecule has 1 saturated heterocycles. The van der Waals surface area contributed by atoms with Gasteiger partial charge in [-0.3, -0.25) is 14.6 Å². The lowest BCUT2D eigenvalue weighted by molar-refractivity contribution is 0.0690. The lowest BCUT2D eigenvalue weighted by Crippen LogP contribution is -2.40. The Hall–Kier alpha value is -2.99. The summed E-state index contributed by atoms with van der Waals surface area (Å²) in [6, 6.07) is 13.0. The molecule has 1 aliphatic rings. The Morgan fingerprint density at radius 1 is 1.21 bits per heavy atom. The molecule has 144 valence electrons. The Labute approximate surface area is 163 Å². The highest BCUT2D eigenvalue weighted by Gasteiger charge is 2.23. The number of rotatable bonds is 4. The molecule has 3 aromatic rings. The van der Waals surface area contributed by atoms with Gasteiger partial charge in [-0.05, 0) is 62.0 Å². The minimum absolute atomic E-state index is 0.00868. The van der Waals surface area contributed by atoms with E-state index in [0.717, 1.165) is 43.4 Å². The van der Waals surface area contributed by atoms with Gasteiger partial charge in [0.05, 0.1) is 16.8 Å². The van der Waals surface area contributed by atoms with Gasteiger partial charge in [0.25, 0.3) is 11.5 Å². The molecule has 2 N–H and O–H groups in total. The second kappa shape index (κ2) is 7.94. The number of H-pyrrole nitrogens is 1. The number of amides is 1. The smallest absolute Gasteiger partial charge is 0.257 e. The summed E-state index contributed by atoms with van der Waals surface area (Å²) >= 11 is 0. The van der Waals surface area contributed by atoms with Crippen molar-refractivity contribution in [3.63, 3.8) is 0 Å². The average Bonchev–Trinajstić information content (AvgIpc) is 2.74. The van der Waals surface area contributed by atoms with E-state index in [9.17, 15) is 9.59 Å². The van der Waals surface area contributed by atoms with E-state index in [4.69, 9.17) is 0 Å². The molecule has 2 aromatic heterocycles. The van der Waals surface area contributed by atoms with E-state index in [1.165, 1.54) is 0 Å². The highest BCUT2D eigenvalue weighted by molar-refractivity contribution is 5.94. The fourth-order valence-electron chi connectivity index (χ4n) is 3.83. The van der Waals surface area contributed by atoms with Gasteiger partial charge in [0, 0.05) is 24.8 Å². The Balaban J connectivity index is 1.52. The van der Waals surface area contributed by atoms with Crippen LogP contribution in [0.4, 0.5) is 0 Å². The standard InChI is InChI=1S/C22H24N4O2/c1-23-13-15-8-10-26(11-9-15)22(28)17-6-7-20(24-14-17)18-12-16-4-2-3-5-19(16)25-21(18)27/h2-7,12,14-15,23H,8-11,13H2,1H3,(H,25,27). The van der Waals surface area contributed by atoms with Crippen LogP contribution in [0.3, 0.4) is 0 Å². The number of hydrogen-bond acceptors (Lipinski definition) is 4. The quantitative estimate of drug-likeness (QED) is 0.734. The van der Waals surface area contributed by atoms with Crippen molar-refractivity contribution in [1.82, 2.24) is 20.2 Å². The van der Waals surface area contributed by atoms with Gasteiger partial charge in [-0.15, -0.1) is 0 Å². The van der Waals surface area contributed by atoms with Crippen LogP contribution >= 0.6 is 0 Å². The Kier molecular flexibility index (Phi) is 5.21. The molecule has 0 atom stereocenters. The molecule has 1 amide bonds. The van der Waals surface area contributed by atoms with Crippen molar-refractivity contribution in [2.45, 2.75) is 12.8 Å². The molecular formula is C22H24N4O2. The molecule has 0 saturated carbocycles. The first-order valence-electron chi connectivity index (χ1n) is 9.68. The van der Waals surface area contributed by atoms with Gasteiger partial charge in [0.15, 0.2) is 0 Å². The second-order valence-corrected chi connectivity index (χ2v) is 7.32. The van der Waals surface area contributed by atoms with Gasteiger partial charge >= 0.3 is 0 Å². The van der Waals surface area contributed by atoms with Crippen LogP contribution in [0, 0.1) is 5.92 Å². The maximum atomic E-state index is 12.8. The molecule has 1 aromatic carbocycles. The van der Waals surface area contributed by atoms with Gasteiger partial charge < -0.3 is 15.2 Å². The van der Waals surface area contributed by atoms with E-state index in [1.54, 1.807) is 18.3 Å². The lowest BCUT2D eigenvalue weighted by Gasteiger charge is -2.32. The summed E-state index contributed by atoms with van der Waals surface area (Å²) in [5, 5.41) is 4.16. The van der Waals surface area contributed by atoms with Crippen LogP contribution in [-0.2, 0) is 0 Å². The fourth-order valence-corrected chi connectivity index (χ4v) is 3.83. The van der Waals surface area contributed by atoms with Crippen LogP contribution in [0.15, 0.2) is 53.5 Å². The number of carbonyl (C=O) groups is 1. The number of benzene rings is 1. The number of carbonyl (C=O) groups excluding carboxylic acids is 1. The van der Waals surface area contributed by atoms with Gasteiger partial charge in [0.2, 0.25) is 0 Å². The number of para-hydroxylation sites is 1. The number of likely N-dealkylation sites (tertiary alicyclic amines) is 1. The molecule has 1 aliphatic heterocycles. The normalized spacial score (nSPS) is 15.1. The van der Waals surface area contributed by atoms with E-state index in [0.29, 0.717) is 22.7 Å². The number of pyridine rings is 2. The Bertz CT molecular complexity index is 1030. The first-order chi connectivity index (χ1) is 13.7. The number of hydrogen-bond donors (Lipinski definition) is 2. The van der Waals surface area contributed by atoms with Crippen molar-refractivity contribution in [1.29, 1.82) is 0 Å². The molecule has 28 heavy (non-hydrogen) atoms. The first-order valence-corrected chi connectivity index (χ1v) is 9.68. The Morgan fingerprint density at radius 2 is 2.00 bits per heavy atom. The van der Waals surface area contributed by atoms with E-state index >= 15 is 0 Å². The summed E-state index contributed by atoms with van der Waals surface area (Å²) in [5.41, 5.74) is 2.25. The van der Waals surface area contributed by atoms with Crippen molar-refractivity contribution in [2.75, 3.05) is 26.7 Å². The number of aromatic amines is 1. The summed E-state index contributed by atoms with van der Waals surface area (Å²) in [6.07, 6.45) is 3.61. The number of aromatic nitrogens is 2. The summed E-state index contributed by atoms with van der Waals surface area (Å²) < 4.78 is 0. The van der Waals surface area contributed by atoms with Crippen LogP contribution in [0.1, 0.15) is 23.2 Å². The van der Waals surface area contributed by atoms with Crippen LogP contribution in [0.25, 0.3) is 22.2 Å². The predicted molar refractivity (Wildman–Crippen MR) is 110 cm³/mol. The molecule has 6 nitrogen and oxygen atoms in total. The summed E-state index contributed by atoms with van der Waals surface area (Å²) in [4.78, 5) is 34.3. The van der Waals surface area contributed by atoms with Gasteiger partial charge in [-0.1, -0.05) is 18.2 Å². The summed E-state index contributed by atoms with van der Waals surface area (Å²) in [6.45, 7) is 2.55. The fraction of sp³-hybridized carbons (Fsp3) is 0.318. The number of nitrogens with one attached hydrogen (secondary N) is 2. The Morgan fingerprint density at radius 3 is 2.71 bits per heavy atom. The monoisotopic (exact) mass is 376 g/mol. The van der Waals surface area contributed by atoms with E-state index in [2.05, 4.69) is 15.3 Å². The highest BCUT2D eigenvalue weighted by atomic mass is 16.2. The van der Waals surface area contributed by atoms with Crippen molar-refractivity contribution >= 4 is 16.8 Å². The van der Waals surface area contributed by atoms with Crippen molar-refractivity contribution in [3.8, 4) is 11.3 Å². The van der Waals surface area contributed by atoms with E-state index < -0.39 is 0 Å². The zero-order valence-corrected chi connectivity index (χ0v) is 15.9. The van der Waals surface area contributed by atoms with Crippen molar-refractivity contribution < 1.29 is 4.79 Å². The number of nitrogens with zero attached hydrogens (tertiary/aromatic N) is 2. The number of piperidine rings is 1. The summed E-state index contributed by atoms with van der Waals surface area (Å²) in [5.74, 6) is 0.642. The molecule has 0 bridgehead atoms. The number of fused-ring (bicyclic) bond motifs is 1. The second-order valence-electron chi connectivity index (χ2n) is 7.32. The minimum atomic E-state index is -0.183. The topological polar surface area (TPSA) is 78.1 Å². The minimum Gasteiger partial charge on any atom is -0.339 e. The van der Waals surface area contributed by atoms with Crippen LogP contribution < -0.4 is 10.9 Å². The van der Waals surface area contributed by atoms with Crippen LogP contribution in [0.5, 0.6) is 0 Å². The van der Waals surface area contributed by atoms with Crippen LogP contribution in [0.2, 0.25) is 0 Å². The van der Waals surface area contributed by atoms with E-state index in [1.807, 2.05) is 42.3 Å². The third-order valence-electron chi connectivity index (χ3n) is 5.43. The van der Waals surface area contributed by atoms with Crippen LogP contribution in [-0.4, -0.2) is 47.5 Å². The summed E-state index contributed by atoms with van der Waals surface area (Å²) in [7, 11) is 1.96. The molecule has 6 heteroatoms. The molecule has 4 rings (SSSR count). The third kappa shape index (κ3) is 3.68. The molecule has 3 heterocycles. The molecule has 0 spiro atoms. The van der Waals surface area contributed by atoms with Crippen molar-refractivity contribution in [3.05, 3.63) is 64.6 Å². The predicted octanol–water partition coefficient (Wildman–Crippen LogP) is 2.66. The van der Waals surface area contributed by atoms with Gasteiger partial charge in [-0.25, -0.2) is 0 Å². The van der Waals surface area contributed by atoms with Gasteiger partial charge in [0.1, 0.15) is 0 Å². The lowest BCUT2D eigenvalue weighted by atomic mass is 9.96.